The van der Waals surface area contributed by atoms with Gasteiger partial charge in [0.15, 0.2) is 0 Å². The van der Waals surface area contributed by atoms with Crippen molar-refractivity contribution in [3.63, 3.8) is 0 Å². The van der Waals surface area contributed by atoms with Crippen LogP contribution < -0.4 is 5.32 Å². The maximum absolute atomic E-state index is 13.0. The average Bonchev–Trinajstić information content (AvgIpc) is 3.36. The van der Waals surface area contributed by atoms with E-state index in [2.05, 4.69) is 116 Å². The van der Waals surface area contributed by atoms with Gasteiger partial charge in [-0.2, -0.15) is 0 Å². The summed E-state index contributed by atoms with van der Waals surface area (Å²) in [6, 6.07) is -0.763. The number of aliphatic hydroxyl groups excluding tert-OH is 1. The summed E-state index contributed by atoms with van der Waals surface area (Å²) in [7, 11) is 1.61. The topological polar surface area (TPSA) is 105 Å². The van der Waals surface area contributed by atoms with Crippen molar-refractivity contribution in [2.75, 3.05) is 40.9 Å². The molecule has 0 rings (SSSR count). The molecule has 3 N–H and O–H groups in total. The molecule has 9 heteroatoms. The third-order valence-electron chi connectivity index (χ3n) is 13.3. The predicted octanol–water partition coefficient (Wildman–Crippen LogP) is 19.0. The molecule has 0 heterocycles. The Morgan fingerprint density at radius 1 is 0.473 bits per heavy atom. The molecule has 0 aliphatic rings. The normalized spacial score (nSPS) is 14.5. The highest BCUT2D eigenvalue weighted by atomic mass is 31.2. The summed E-state index contributed by atoms with van der Waals surface area (Å²) in [5.41, 5.74) is 0. The molecule has 0 spiro atoms. The number of likely N-dealkylation sites (N-methyl/N-ethyl adjacent to an activating group) is 1. The number of hydrogen-bond acceptors (Lipinski definition) is 5. The molecular weight excluding hydrogens is 936 g/mol. The minimum atomic E-state index is -4.32. The maximum atomic E-state index is 13.0. The smallest absolute Gasteiger partial charge is 0.391 e. The Morgan fingerprint density at radius 2 is 0.811 bits per heavy atom. The lowest BCUT2D eigenvalue weighted by Gasteiger charge is -2.26. The molecule has 0 saturated heterocycles. The molecule has 0 aliphatic carbocycles. The first-order valence-electron chi connectivity index (χ1n) is 30.6. The Morgan fingerprint density at radius 3 is 1.19 bits per heavy atom. The third-order valence-corrected chi connectivity index (χ3v) is 14.3. The van der Waals surface area contributed by atoms with Crippen LogP contribution in [0.3, 0.4) is 0 Å². The van der Waals surface area contributed by atoms with Crippen LogP contribution in [0.25, 0.3) is 0 Å². The number of allylic oxidation sites excluding steroid dienone is 16. The van der Waals surface area contributed by atoms with E-state index < -0.39 is 20.0 Å². The molecule has 0 saturated carbocycles. The number of aliphatic hydroxyl groups is 1. The molecule has 3 unspecified atom stereocenters. The second-order valence-electron chi connectivity index (χ2n) is 21.7. The highest BCUT2D eigenvalue weighted by Gasteiger charge is 2.28. The van der Waals surface area contributed by atoms with Crippen molar-refractivity contribution in [1.82, 2.24) is 5.32 Å². The van der Waals surface area contributed by atoms with Gasteiger partial charge in [0.25, 0.3) is 0 Å². The van der Waals surface area contributed by atoms with Gasteiger partial charge in [0.1, 0.15) is 13.2 Å². The quantitative estimate of drug-likeness (QED) is 0.0243. The first-order valence-corrected chi connectivity index (χ1v) is 32.1. The van der Waals surface area contributed by atoms with Gasteiger partial charge < -0.3 is 19.8 Å². The van der Waals surface area contributed by atoms with Gasteiger partial charge in [0.05, 0.1) is 39.9 Å². The number of phosphoric ester groups is 1. The molecule has 0 fully saturated rings. The lowest BCUT2D eigenvalue weighted by molar-refractivity contribution is -0.870. The molecule has 0 aromatic heterocycles. The van der Waals surface area contributed by atoms with E-state index in [1.807, 2.05) is 21.1 Å². The van der Waals surface area contributed by atoms with E-state index in [9.17, 15) is 19.4 Å². The van der Waals surface area contributed by atoms with Crippen LogP contribution >= 0.6 is 7.82 Å². The van der Waals surface area contributed by atoms with Gasteiger partial charge in [0.2, 0.25) is 5.91 Å². The number of unbranched alkanes of at least 4 members (excludes halogenated alkanes) is 26. The number of hydrogen-bond donors (Lipinski definition) is 3. The van der Waals surface area contributed by atoms with E-state index in [4.69, 9.17) is 9.05 Å². The number of phosphoric acid groups is 1. The Balaban J connectivity index is 3.92. The van der Waals surface area contributed by atoms with Crippen molar-refractivity contribution >= 4 is 13.7 Å². The summed E-state index contributed by atoms with van der Waals surface area (Å²) in [6.45, 7) is 4.76. The molecule has 0 aromatic rings. The number of amides is 1. The average molecular weight is 1050 g/mol. The largest absolute Gasteiger partial charge is 0.472 e. The molecule has 0 bridgehead atoms. The molecule has 74 heavy (non-hydrogen) atoms. The van der Waals surface area contributed by atoms with Crippen molar-refractivity contribution in [3.05, 3.63) is 97.2 Å². The summed E-state index contributed by atoms with van der Waals surface area (Å²) in [4.78, 5) is 23.3. The minimum Gasteiger partial charge on any atom is -0.391 e. The number of carbonyl (C=O) groups is 1. The highest BCUT2D eigenvalue weighted by Crippen LogP contribution is 2.43. The van der Waals surface area contributed by atoms with Crippen molar-refractivity contribution < 1.29 is 32.9 Å². The van der Waals surface area contributed by atoms with Gasteiger partial charge in [-0.15, -0.1) is 0 Å². The standard InChI is InChI=1S/C65H117N2O6P/c1-6-8-10-12-14-16-18-19-20-21-22-23-24-25-26-27-28-29-30-31-32-33-34-35-36-37-38-39-40-41-42-43-44-45-46-47-49-51-53-55-57-59-65(69)66-63(62-73-74(70,71)72-61-60-67(3,4)5)64(68)58-56-54-52-50-48-17-15-13-11-9-7-2/h8,10,14,16,19-20,22-23,25-26,28-29,31-32,34-35,63-64,68H,6-7,9,11-13,15,17-18,21,24,27,30,33,36-62H2,1-5H3,(H-,66,69,70,71)/p+1/b10-8-,16-14-,20-19-,23-22-,26-25-,29-28-,32-31-,35-34-. The van der Waals surface area contributed by atoms with Crippen molar-refractivity contribution in [1.29, 1.82) is 0 Å². The second kappa shape index (κ2) is 55.2. The van der Waals surface area contributed by atoms with E-state index in [1.54, 1.807) is 0 Å². The van der Waals surface area contributed by atoms with Gasteiger partial charge in [0, 0.05) is 6.42 Å². The van der Waals surface area contributed by atoms with E-state index in [1.165, 1.54) is 141 Å². The SMILES string of the molecule is CC/C=C\C/C=C\C/C=C\C/C=C\C/C=C\C/C=C\C/C=C\C/C=C\CCCCCCCCCCCCCCCCCCC(=O)NC(COP(=O)(O)OCC[N+](C)(C)C)C(O)CCCCCCCCCCCCC. The van der Waals surface area contributed by atoms with Crippen molar-refractivity contribution in [2.45, 2.75) is 270 Å². The highest BCUT2D eigenvalue weighted by molar-refractivity contribution is 7.47. The van der Waals surface area contributed by atoms with Crippen LogP contribution in [-0.2, 0) is 18.4 Å². The Kier molecular flexibility index (Phi) is 53.3. The van der Waals surface area contributed by atoms with Crippen LogP contribution in [0.2, 0.25) is 0 Å². The third kappa shape index (κ3) is 57.1. The second-order valence-corrected chi connectivity index (χ2v) is 23.2. The van der Waals surface area contributed by atoms with Crippen LogP contribution in [0.15, 0.2) is 97.2 Å². The molecule has 0 aliphatic heterocycles. The van der Waals surface area contributed by atoms with Crippen molar-refractivity contribution in [2.24, 2.45) is 0 Å². The fourth-order valence-corrected chi connectivity index (χ4v) is 9.33. The van der Waals surface area contributed by atoms with Crippen LogP contribution in [0.4, 0.5) is 0 Å². The van der Waals surface area contributed by atoms with E-state index >= 15 is 0 Å². The van der Waals surface area contributed by atoms with Crippen LogP contribution in [-0.4, -0.2) is 73.4 Å². The Labute approximate surface area is 458 Å². The fraction of sp³-hybridized carbons (Fsp3) is 0.738. The predicted molar refractivity (Wildman–Crippen MR) is 322 cm³/mol. The van der Waals surface area contributed by atoms with E-state index in [-0.39, 0.29) is 19.1 Å². The first kappa shape index (κ1) is 71.4. The summed E-state index contributed by atoms with van der Waals surface area (Å²) in [5.74, 6) is -0.147. The zero-order valence-corrected chi connectivity index (χ0v) is 49.7. The zero-order valence-electron chi connectivity index (χ0n) is 48.8. The summed E-state index contributed by atoms with van der Waals surface area (Å²) < 4.78 is 23.7. The van der Waals surface area contributed by atoms with Gasteiger partial charge in [-0.25, -0.2) is 4.57 Å². The summed E-state index contributed by atoms with van der Waals surface area (Å²) in [5, 5.41) is 14.0. The van der Waals surface area contributed by atoms with E-state index in [0.717, 1.165) is 89.9 Å². The number of quaternary nitrogens is 1. The minimum absolute atomic E-state index is 0.0726. The molecule has 8 nitrogen and oxygen atoms in total. The van der Waals surface area contributed by atoms with Crippen LogP contribution in [0.5, 0.6) is 0 Å². The Bertz CT molecular complexity index is 1520. The number of nitrogens with zero attached hydrogens (tertiary/aromatic N) is 1. The molecule has 428 valence electrons. The first-order chi connectivity index (χ1) is 36.0. The van der Waals surface area contributed by atoms with Crippen LogP contribution in [0.1, 0.15) is 258 Å². The van der Waals surface area contributed by atoms with Gasteiger partial charge >= 0.3 is 7.82 Å². The zero-order chi connectivity index (χ0) is 54.2. The molecule has 0 radical (unpaired) electrons. The Hall–Kier alpha value is -2.58. The number of carbonyl (C=O) groups excluding carboxylic acids is 1. The van der Waals surface area contributed by atoms with Gasteiger partial charge in [-0.3, -0.25) is 13.8 Å². The van der Waals surface area contributed by atoms with E-state index in [0.29, 0.717) is 23.9 Å². The molecular formula is C65H118N2O6P+. The number of rotatable bonds is 55. The molecule has 3 atom stereocenters. The van der Waals surface area contributed by atoms with Gasteiger partial charge in [-0.05, 0) is 77.0 Å². The molecule has 1 amide bonds. The van der Waals surface area contributed by atoms with Crippen LogP contribution in [0, 0.1) is 0 Å². The summed E-state index contributed by atoms with van der Waals surface area (Å²) >= 11 is 0. The van der Waals surface area contributed by atoms with Crippen molar-refractivity contribution in [3.8, 4) is 0 Å². The lowest BCUT2D eigenvalue weighted by atomic mass is 10.0. The number of nitrogens with one attached hydrogen (secondary N) is 1. The summed E-state index contributed by atoms with van der Waals surface area (Å²) in [6.07, 6.45) is 79.2. The van der Waals surface area contributed by atoms with Gasteiger partial charge in [-0.1, -0.05) is 272 Å². The maximum Gasteiger partial charge on any atom is 0.472 e. The monoisotopic (exact) mass is 1050 g/mol. The molecule has 0 aromatic carbocycles. The lowest BCUT2D eigenvalue weighted by Crippen LogP contribution is -2.46. The fourth-order valence-electron chi connectivity index (χ4n) is 8.59.